The Kier molecular flexibility index (Phi) is 7.18. The molecule has 1 aromatic heterocycles. The fourth-order valence-electron chi connectivity index (χ4n) is 3.88. The lowest BCUT2D eigenvalue weighted by atomic mass is 9.90. The molecule has 1 N–H and O–H groups in total. The van der Waals surface area contributed by atoms with E-state index in [2.05, 4.69) is 23.3 Å². The van der Waals surface area contributed by atoms with E-state index in [4.69, 9.17) is 0 Å². The summed E-state index contributed by atoms with van der Waals surface area (Å²) in [5.41, 5.74) is 3.27. The van der Waals surface area contributed by atoms with E-state index < -0.39 is 0 Å². The summed E-state index contributed by atoms with van der Waals surface area (Å²) in [5.74, 6) is 0.0380. The number of rotatable bonds is 8. The number of amides is 2. The zero-order chi connectivity index (χ0) is 19.8. The van der Waals surface area contributed by atoms with Crippen molar-refractivity contribution in [1.29, 1.82) is 0 Å². The second kappa shape index (κ2) is 10.0. The minimum atomic E-state index is -0.0503. The van der Waals surface area contributed by atoms with Gasteiger partial charge < -0.3 is 10.2 Å². The summed E-state index contributed by atoms with van der Waals surface area (Å²) in [6.07, 6.45) is 6.44. The Balaban J connectivity index is 1.56. The number of nitrogens with zero attached hydrogens (tertiary/aromatic N) is 2. The zero-order valence-electron chi connectivity index (χ0n) is 16.6. The molecule has 0 saturated heterocycles. The highest BCUT2D eigenvalue weighted by molar-refractivity contribution is 5.80. The van der Waals surface area contributed by atoms with Crippen LogP contribution >= 0.6 is 0 Å². The number of carbonyl (C=O) groups is 2. The molecule has 5 heteroatoms. The van der Waals surface area contributed by atoms with Gasteiger partial charge in [-0.25, -0.2) is 0 Å². The van der Waals surface area contributed by atoms with Gasteiger partial charge in [-0.2, -0.15) is 0 Å². The normalized spacial score (nSPS) is 15.5. The van der Waals surface area contributed by atoms with Crippen LogP contribution in [0.2, 0.25) is 0 Å². The molecule has 28 heavy (non-hydrogen) atoms. The number of hydrogen-bond donors (Lipinski definition) is 1. The van der Waals surface area contributed by atoms with E-state index in [1.54, 1.807) is 0 Å². The summed E-state index contributed by atoms with van der Waals surface area (Å²) in [6, 6.07) is 13.8. The van der Waals surface area contributed by atoms with Crippen LogP contribution in [0.15, 0.2) is 48.7 Å². The molecule has 2 amide bonds. The predicted octanol–water partition coefficient (Wildman–Crippen LogP) is 3.45. The standard InChI is InChI=1S/C23H29N3O2/c1-2-16-26(20-12-6-10-19-11-7-14-25-23(19)20)22(28)13-15-24-21(27)17-18-8-4-3-5-9-18/h3-5,7-9,11,14,20H,2,6,10,12-13,15-17H2,1H3,(H,24,27). The summed E-state index contributed by atoms with van der Waals surface area (Å²) in [7, 11) is 0. The molecular weight excluding hydrogens is 350 g/mol. The molecule has 0 bridgehead atoms. The molecule has 148 valence electrons. The molecule has 0 aliphatic heterocycles. The first-order chi connectivity index (χ1) is 13.7. The van der Waals surface area contributed by atoms with Crippen molar-refractivity contribution in [3.05, 3.63) is 65.5 Å². The molecule has 1 atom stereocenters. The monoisotopic (exact) mass is 379 g/mol. The third-order valence-corrected chi connectivity index (χ3v) is 5.20. The van der Waals surface area contributed by atoms with E-state index >= 15 is 0 Å². The number of pyridine rings is 1. The molecule has 1 aliphatic rings. The maximum Gasteiger partial charge on any atom is 0.224 e. The molecular formula is C23H29N3O2. The van der Waals surface area contributed by atoms with Crippen LogP contribution in [-0.4, -0.2) is 34.8 Å². The Morgan fingerprint density at radius 2 is 2.00 bits per heavy atom. The fourth-order valence-corrected chi connectivity index (χ4v) is 3.88. The summed E-state index contributed by atoms with van der Waals surface area (Å²) in [6.45, 7) is 3.17. The van der Waals surface area contributed by atoms with Crippen LogP contribution in [0.4, 0.5) is 0 Å². The lowest BCUT2D eigenvalue weighted by molar-refractivity contribution is -0.134. The maximum absolute atomic E-state index is 12.9. The van der Waals surface area contributed by atoms with Crippen molar-refractivity contribution < 1.29 is 9.59 Å². The van der Waals surface area contributed by atoms with Crippen molar-refractivity contribution in [3.8, 4) is 0 Å². The van der Waals surface area contributed by atoms with Gasteiger partial charge in [0.2, 0.25) is 11.8 Å². The number of carbonyl (C=O) groups excluding carboxylic acids is 2. The first-order valence-corrected chi connectivity index (χ1v) is 10.2. The molecule has 1 unspecified atom stereocenters. The van der Waals surface area contributed by atoms with Crippen molar-refractivity contribution >= 4 is 11.8 Å². The smallest absolute Gasteiger partial charge is 0.224 e. The number of aromatic nitrogens is 1. The number of hydrogen-bond acceptors (Lipinski definition) is 3. The van der Waals surface area contributed by atoms with Gasteiger partial charge in [0.05, 0.1) is 18.2 Å². The second-order valence-corrected chi connectivity index (χ2v) is 7.31. The first-order valence-electron chi connectivity index (χ1n) is 10.2. The summed E-state index contributed by atoms with van der Waals surface area (Å²) in [4.78, 5) is 31.6. The molecule has 5 nitrogen and oxygen atoms in total. The van der Waals surface area contributed by atoms with Gasteiger partial charge in [-0.1, -0.05) is 43.3 Å². The van der Waals surface area contributed by atoms with Crippen LogP contribution in [0, 0.1) is 0 Å². The van der Waals surface area contributed by atoms with Crippen molar-refractivity contribution in [2.45, 2.75) is 51.5 Å². The third kappa shape index (κ3) is 5.18. The van der Waals surface area contributed by atoms with Gasteiger partial charge >= 0.3 is 0 Å². The van der Waals surface area contributed by atoms with Gasteiger partial charge in [0.1, 0.15) is 0 Å². The third-order valence-electron chi connectivity index (χ3n) is 5.20. The van der Waals surface area contributed by atoms with E-state index in [1.165, 1.54) is 5.56 Å². The minimum Gasteiger partial charge on any atom is -0.355 e. The molecule has 2 aromatic rings. The highest BCUT2D eigenvalue weighted by Gasteiger charge is 2.29. The van der Waals surface area contributed by atoms with Gasteiger partial charge in [-0.05, 0) is 42.9 Å². The Morgan fingerprint density at radius 1 is 1.18 bits per heavy atom. The summed E-state index contributed by atoms with van der Waals surface area (Å²) < 4.78 is 0. The molecule has 1 aliphatic carbocycles. The quantitative estimate of drug-likeness (QED) is 0.764. The second-order valence-electron chi connectivity index (χ2n) is 7.31. The van der Waals surface area contributed by atoms with Crippen molar-refractivity contribution in [1.82, 2.24) is 15.2 Å². The highest BCUT2D eigenvalue weighted by atomic mass is 16.2. The maximum atomic E-state index is 12.9. The highest BCUT2D eigenvalue weighted by Crippen LogP contribution is 2.33. The topological polar surface area (TPSA) is 62.3 Å². The van der Waals surface area contributed by atoms with Crippen molar-refractivity contribution in [2.24, 2.45) is 0 Å². The number of benzene rings is 1. The van der Waals surface area contributed by atoms with E-state index in [1.807, 2.05) is 47.5 Å². The van der Waals surface area contributed by atoms with Crippen LogP contribution in [0.5, 0.6) is 0 Å². The number of aryl methyl sites for hydroxylation is 1. The largest absolute Gasteiger partial charge is 0.355 e. The SMILES string of the molecule is CCCN(C(=O)CCNC(=O)Cc1ccccc1)C1CCCc2cccnc21. The van der Waals surface area contributed by atoms with Crippen LogP contribution in [0.3, 0.4) is 0 Å². The molecule has 1 heterocycles. The molecule has 3 rings (SSSR count). The molecule has 0 fully saturated rings. The lowest BCUT2D eigenvalue weighted by Gasteiger charge is -2.35. The average Bonchev–Trinajstić information content (AvgIpc) is 2.72. The molecule has 0 saturated carbocycles. The molecule has 1 aromatic carbocycles. The van der Waals surface area contributed by atoms with Gasteiger partial charge in [0.25, 0.3) is 0 Å². The lowest BCUT2D eigenvalue weighted by Crippen LogP contribution is -2.39. The van der Waals surface area contributed by atoms with Gasteiger partial charge in [-0.15, -0.1) is 0 Å². The number of fused-ring (bicyclic) bond motifs is 1. The average molecular weight is 380 g/mol. The van der Waals surface area contributed by atoms with Crippen LogP contribution < -0.4 is 5.32 Å². The fraction of sp³-hybridized carbons (Fsp3) is 0.435. The van der Waals surface area contributed by atoms with E-state index in [0.29, 0.717) is 19.4 Å². The van der Waals surface area contributed by atoms with Crippen LogP contribution in [-0.2, 0) is 22.4 Å². The van der Waals surface area contributed by atoms with E-state index in [0.717, 1.165) is 43.5 Å². The van der Waals surface area contributed by atoms with E-state index in [-0.39, 0.29) is 17.9 Å². The zero-order valence-corrected chi connectivity index (χ0v) is 16.6. The van der Waals surface area contributed by atoms with Crippen molar-refractivity contribution in [3.63, 3.8) is 0 Å². The van der Waals surface area contributed by atoms with Gasteiger partial charge in [0.15, 0.2) is 0 Å². The van der Waals surface area contributed by atoms with Gasteiger partial charge in [0, 0.05) is 25.7 Å². The Hall–Kier alpha value is -2.69. The summed E-state index contributed by atoms with van der Waals surface area (Å²) in [5, 5.41) is 2.88. The Bertz CT molecular complexity index is 791. The van der Waals surface area contributed by atoms with Crippen LogP contribution in [0.1, 0.15) is 55.5 Å². The summed E-state index contributed by atoms with van der Waals surface area (Å²) >= 11 is 0. The van der Waals surface area contributed by atoms with E-state index in [9.17, 15) is 9.59 Å². The van der Waals surface area contributed by atoms with Gasteiger partial charge in [-0.3, -0.25) is 14.6 Å². The number of nitrogens with one attached hydrogen (secondary N) is 1. The molecule has 0 radical (unpaired) electrons. The van der Waals surface area contributed by atoms with Crippen LogP contribution in [0.25, 0.3) is 0 Å². The first kappa shape index (κ1) is 20.1. The Labute approximate surface area is 167 Å². The predicted molar refractivity (Wildman–Crippen MR) is 110 cm³/mol. The minimum absolute atomic E-state index is 0.0503. The molecule has 0 spiro atoms. The van der Waals surface area contributed by atoms with Crippen molar-refractivity contribution in [2.75, 3.05) is 13.1 Å². The Morgan fingerprint density at radius 3 is 2.79 bits per heavy atom.